The van der Waals surface area contributed by atoms with Gasteiger partial charge < -0.3 is 5.32 Å². The van der Waals surface area contributed by atoms with Gasteiger partial charge in [-0.3, -0.25) is 14.8 Å². The lowest BCUT2D eigenvalue weighted by atomic mass is 9.91. The summed E-state index contributed by atoms with van der Waals surface area (Å²) < 4.78 is 0. The Balaban J connectivity index is 2.66. The molecule has 1 aromatic carbocycles. The van der Waals surface area contributed by atoms with Crippen molar-refractivity contribution in [3.05, 3.63) is 35.4 Å². The quantitative estimate of drug-likeness (QED) is 0.584. The van der Waals surface area contributed by atoms with E-state index in [1.165, 1.54) is 0 Å². The molecule has 0 aliphatic carbocycles. The molecule has 0 aromatic heterocycles. The topological polar surface area (TPSA) is 78.4 Å². The summed E-state index contributed by atoms with van der Waals surface area (Å²) in [4.78, 5) is 23.1. The van der Waals surface area contributed by atoms with E-state index < -0.39 is 5.91 Å². The second-order valence-corrected chi connectivity index (χ2v) is 6.09. The van der Waals surface area contributed by atoms with E-state index in [0.29, 0.717) is 12.0 Å². The first-order chi connectivity index (χ1) is 9.23. The maximum atomic E-state index is 11.9. The third-order valence-corrected chi connectivity index (χ3v) is 2.84. The van der Waals surface area contributed by atoms with E-state index in [2.05, 4.69) is 5.32 Å². The number of hydrogen-bond donors (Lipinski definition) is 3. The lowest BCUT2D eigenvalue weighted by Crippen LogP contribution is -2.30. The molecule has 0 fully saturated rings. The minimum Gasteiger partial charge on any atom is -0.350 e. The number of nitrogens with one attached hydrogen (secondary N) is 2. The molecule has 5 nitrogen and oxygen atoms in total. The number of amides is 2. The van der Waals surface area contributed by atoms with Gasteiger partial charge in [0.25, 0.3) is 5.91 Å². The summed E-state index contributed by atoms with van der Waals surface area (Å²) in [6.07, 6.45) is 0.461. The Labute approximate surface area is 119 Å². The zero-order chi connectivity index (χ0) is 15.3. The number of rotatable bonds is 4. The van der Waals surface area contributed by atoms with Gasteiger partial charge in [-0.15, -0.1) is 0 Å². The molecule has 2 amide bonds. The minimum absolute atomic E-state index is 0.00202. The third-order valence-electron chi connectivity index (χ3n) is 2.84. The summed E-state index contributed by atoms with van der Waals surface area (Å²) in [5.74, 6) is -0.553. The molecule has 0 saturated heterocycles. The normalized spacial score (nSPS) is 12.7. The molecule has 0 aliphatic heterocycles. The van der Waals surface area contributed by atoms with E-state index >= 15 is 0 Å². The van der Waals surface area contributed by atoms with Crippen LogP contribution in [0.2, 0.25) is 0 Å². The van der Waals surface area contributed by atoms with E-state index in [1.807, 2.05) is 27.7 Å². The van der Waals surface area contributed by atoms with Crippen molar-refractivity contribution >= 4 is 11.8 Å². The maximum Gasteiger partial charge on any atom is 0.274 e. The summed E-state index contributed by atoms with van der Waals surface area (Å²) >= 11 is 0. The number of carbonyl (C=O) groups is 2. The van der Waals surface area contributed by atoms with Crippen LogP contribution in [0.25, 0.3) is 0 Å². The smallest absolute Gasteiger partial charge is 0.274 e. The fraction of sp³-hybridized carbons (Fsp3) is 0.467. The highest BCUT2D eigenvalue weighted by atomic mass is 16.5. The predicted molar refractivity (Wildman–Crippen MR) is 76.3 cm³/mol. The summed E-state index contributed by atoms with van der Waals surface area (Å²) in [6.45, 7) is 7.93. The minimum atomic E-state index is -0.555. The average Bonchev–Trinajstić information content (AvgIpc) is 2.35. The standard InChI is InChI=1S/C15H22N2O3/c1-10(16-13(18)9-15(2,3)4)11-5-7-12(8-6-11)14(19)17-20/h5-8,10,20H,9H2,1-4H3,(H,16,18)(H,17,19). The van der Waals surface area contributed by atoms with Crippen LogP contribution in [-0.4, -0.2) is 17.0 Å². The Bertz CT molecular complexity index is 475. The molecule has 20 heavy (non-hydrogen) atoms. The van der Waals surface area contributed by atoms with Crippen LogP contribution in [0.4, 0.5) is 0 Å². The van der Waals surface area contributed by atoms with Gasteiger partial charge in [0.05, 0.1) is 6.04 Å². The van der Waals surface area contributed by atoms with Crippen molar-refractivity contribution in [2.75, 3.05) is 0 Å². The molecular weight excluding hydrogens is 256 g/mol. The molecule has 3 N–H and O–H groups in total. The summed E-state index contributed by atoms with van der Waals surface area (Å²) in [7, 11) is 0. The Morgan fingerprint density at radius 2 is 1.75 bits per heavy atom. The summed E-state index contributed by atoms with van der Waals surface area (Å²) in [6, 6.07) is 6.59. The molecule has 1 atom stereocenters. The maximum absolute atomic E-state index is 11.9. The molecule has 1 rings (SSSR count). The van der Waals surface area contributed by atoms with Gasteiger partial charge in [-0.05, 0) is 30.0 Å². The van der Waals surface area contributed by atoms with Crippen LogP contribution >= 0.6 is 0 Å². The van der Waals surface area contributed by atoms with Crippen LogP contribution in [0.1, 0.15) is 56.1 Å². The Hall–Kier alpha value is -1.88. The van der Waals surface area contributed by atoms with Crippen LogP contribution in [0.3, 0.4) is 0 Å². The molecule has 0 heterocycles. The fourth-order valence-electron chi connectivity index (χ4n) is 1.85. The van der Waals surface area contributed by atoms with Gasteiger partial charge in [0.15, 0.2) is 0 Å². The van der Waals surface area contributed by atoms with Crippen molar-refractivity contribution in [2.24, 2.45) is 5.41 Å². The molecular formula is C15H22N2O3. The molecule has 0 saturated carbocycles. The van der Waals surface area contributed by atoms with Gasteiger partial charge in [-0.25, -0.2) is 5.48 Å². The number of hydrogen-bond acceptors (Lipinski definition) is 3. The molecule has 5 heteroatoms. The monoisotopic (exact) mass is 278 g/mol. The predicted octanol–water partition coefficient (Wildman–Crippen LogP) is 2.42. The van der Waals surface area contributed by atoms with Crippen molar-refractivity contribution in [3.8, 4) is 0 Å². The van der Waals surface area contributed by atoms with Crippen LogP contribution in [0.5, 0.6) is 0 Å². The highest BCUT2D eigenvalue weighted by molar-refractivity contribution is 5.93. The molecule has 1 aromatic rings. The van der Waals surface area contributed by atoms with Crippen molar-refractivity contribution in [1.82, 2.24) is 10.8 Å². The van der Waals surface area contributed by atoms with E-state index in [1.54, 1.807) is 29.7 Å². The van der Waals surface area contributed by atoms with Crippen LogP contribution in [0.15, 0.2) is 24.3 Å². The largest absolute Gasteiger partial charge is 0.350 e. The zero-order valence-corrected chi connectivity index (χ0v) is 12.4. The molecule has 0 bridgehead atoms. The van der Waals surface area contributed by atoms with Crippen LogP contribution in [0, 0.1) is 5.41 Å². The van der Waals surface area contributed by atoms with Gasteiger partial charge in [0.2, 0.25) is 5.91 Å². The van der Waals surface area contributed by atoms with Gasteiger partial charge in [-0.1, -0.05) is 32.9 Å². The lowest BCUT2D eigenvalue weighted by molar-refractivity contribution is -0.123. The average molecular weight is 278 g/mol. The van der Waals surface area contributed by atoms with Crippen molar-refractivity contribution in [2.45, 2.75) is 40.2 Å². The number of benzene rings is 1. The second-order valence-electron chi connectivity index (χ2n) is 6.09. The number of hydroxylamine groups is 1. The molecule has 0 aliphatic rings. The van der Waals surface area contributed by atoms with Gasteiger partial charge in [-0.2, -0.15) is 0 Å². The van der Waals surface area contributed by atoms with Gasteiger partial charge >= 0.3 is 0 Å². The first-order valence-corrected chi connectivity index (χ1v) is 6.57. The zero-order valence-electron chi connectivity index (χ0n) is 12.4. The highest BCUT2D eigenvalue weighted by Gasteiger charge is 2.18. The Morgan fingerprint density at radius 3 is 2.20 bits per heavy atom. The van der Waals surface area contributed by atoms with Crippen molar-refractivity contribution < 1.29 is 14.8 Å². The van der Waals surface area contributed by atoms with Crippen LogP contribution < -0.4 is 10.8 Å². The van der Waals surface area contributed by atoms with Crippen LogP contribution in [-0.2, 0) is 4.79 Å². The van der Waals surface area contributed by atoms with E-state index in [0.717, 1.165) is 5.56 Å². The molecule has 110 valence electrons. The number of carbonyl (C=O) groups excluding carboxylic acids is 2. The van der Waals surface area contributed by atoms with E-state index in [4.69, 9.17) is 5.21 Å². The highest BCUT2D eigenvalue weighted by Crippen LogP contribution is 2.20. The van der Waals surface area contributed by atoms with Crippen molar-refractivity contribution in [1.29, 1.82) is 0 Å². The van der Waals surface area contributed by atoms with E-state index in [-0.39, 0.29) is 17.4 Å². The summed E-state index contributed by atoms with van der Waals surface area (Å²) in [5.41, 5.74) is 2.80. The SMILES string of the molecule is CC(NC(=O)CC(C)(C)C)c1ccc(C(=O)NO)cc1. The third kappa shape index (κ3) is 5.01. The molecule has 1 unspecified atom stereocenters. The van der Waals surface area contributed by atoms with Gasteiger partial charge in [0.1, 0.15) is 0 Å². The van der Waals surface area contributed by atoms with Crippen molar-refractivity contribution in [3.63, 3.8) is 0 Å². The Morgan fingerprint density at radius 1 is 1.20 bits per heavy atom. The summed E-state index contributed by atoms with van der Waals surface area (Å²) in [5, 5.41) is 11.5. The molecule has 0 radical (unpaired) electrons. The first kappa shape index (κ1) is 16.2. The lowest BCUT2D eigenvalue weighted by Gasteiger charge is -2.20. The second kappa shape index (κ2) is 6.52. The van der Waals surface area contributed by atoms with E-state index in [9.17, 15) is 9.59 Å². The van der Waals surface area contributed by atoms with Gasteiger partial charge in [0, 0.05) is 12.0 Å². The molecule has 0 spiro atoms. The fourth-order valence-corrected chi connectivity index (χ4v) is 1.85. The Kier molecular flexibility index (Phi) is 5.27. The first-order valence-electron chi connectivity index (χ1n) is 6.57.